The number of rotatable bonds is 3. The number of amides is 1. The lowest BCUT2D eigenvalue weighted by atomic mass is 9.78. The molecule has 0 atom stereocenters. The Hall–Kier alpha value is -1.46. The average molecular weight is 315 g/mol. The summed E-state index contributed by atoms with van der Waals surface area (Å²) in [6.07, 6.45) is 0.874. The Bertz CT molecular complexity index is 617. The van der Waals surface area contributed by atoms with Crippen LogP contribution in [0, 0.1) is 5.41 Å². The van der Waals surface area contributed by atoms with Gasteiger partial charge in [0.2, 0.25) is 5.91 Å². The maximum atomic E-state index is 12.5. The van der Waals surface area contributed by atoms with Crippen LogP contribution in [-0.2, 0) is 22.5 Å². The molecule has 23 heavy (non-hydrogen) atoms. The van der Waals surface area contributed by atoms with Crippen molar-refractivity contribution in [2.75, 3.05) is 39.4 Å². The van der Waals surface area contributed by atoms with Crippen LogP contribution in [-0.4, -0.2) is 60.1 Å². The summed E-state index contributed by atoms with van der Waals surface area (Å²) in [7, 11) is 0. The van der Waals surface area contributed by atoms with Gasteiger partial charge in [-0.2, -0.15) is 0 Å². The number of hydrogen-bond donors (Lipinski definition) is 0. The van der Waals surface area contributed by atoms with Crippen molar-refractivity contribution in [1.29, 1.82) is 0 Å². The van der Waals surface area contributed by atoms with Crippen LogP contribution in [0.1, 0.15) is 36.7 Å². The first-order chi connectivity index (χ1) is 11.0. The maximum Gasteiger partial charge on any atom is 0.237 e. The number of fused-ring (bicyclic) bond motifs is 1. The molecule has 3 aliphatic rings. The Kier molecular flexibility index (Phi) is 3.65. The van der Waals surface area contributed by atoms with Gasteiger partial charge in [-0.05, 0) is 17.5 Å². The van der Waals surface area contributed by atoms with E-state index in [-0.39, 0.29) is 5.91 Å². The predicted octanol–water partition coefficient (Wildman–Crippen LogP) is 1.42. The number of hydrogen-bond acceptors (Lipinski definition) is 4. The molecular weight excluding hydrogens is 290 g/mol. The molecule has 5 heteroatoms. The third kappa shape index (κ3) is 2.76. The minimum absolute atomic E-state index is 0.249. The highest BCUT2D eigenvalue weighted by Crippen LogP contribution is 2.37. The van der Waals surface area contributed by atoms with E-state index in [1.807, 2.05) is 4.90 Å². The highest BCUT2D eigenvalue weighted by Gasteiger charge is 2.49. The van der Waals surface area contributed by atoms with E-state index in [4.69, 9.17) is 9.72 Å². The molecule has 4 heterocycles. The van der Waals surface area contributed by atoms with Crippen molar-refractivity contribution in [3.8, 4) is 0 Å². The van der Waals surface area contributed by atoms with Gasteiger partial charge in [-0.1, -0.05) is 19.9 Å². The Morgan fingerprint density at radius 1 is 1.35 bits per heavy atom. The van der Waals surface area contributed by atoms with Crippen LogP contribution in [0.2, 0.25) is 0 Å². The summed E-state index contributed by atoms with van der Waals surface area (Å²) >= 11 is 0. The Morgan fingerprint density at radius 2 is 2.13 bits per heavy atom. The molecule has 5 nitrogen and oxygen atoms in total. The number of ether oxygens (including phenoxy) is 1. The second kappa shape index (κ2) is 5.56. The molecule has 0 bridgehead atoms. The van der Waals surface area contributed by atoms with Gasteiger partial charge in [0.15, 0.2) is 0 Å². The second-order valence-corrected chi connectivity index (χ2v) is 7.70. The van der Waals surface area contributed by atoms with Gasteiger partial charge in [0.1, 0.15) is 0 Å². The van der Waals surface area contributed by atoms with Gasteiger partial charge >= 0.3 is 0 Å². The molecule has 1 spiro atoms. The highest BCUT2D eigenvalue weighted by atomic mass is 16.5. The van der Waals surface area contributed by atoms with E-state index in [0.29, 0.717) is 24.4 Å². The van der Waals surface area contributed by atoms with E-state index >= 15 is 0 Å². The second-order valence-electron chi connectivity index (χ2n) is 7.70. The lowest BCUT2D eigenvalue weighted by Crippen LogP contribution is -2.67. The summed E-state index contributed by atoms with van der Waals surface area (Å²) in [5, 5.41) is 0. The van der Waals surface area contributed by atoms with Crippen LogP contribution in [0.3, 0.4) is 0 Å². The number of carbonyl (C=O) groups excluding carboxylic acids is 1. The third-order valence-electron chi connectivity index (χ3n) is 5.31. The minimum atomic E-state index is 0.249. The van der Waals surface area contributed by atoms with Gasteiger partial charge in [-0.3, -0.25) is 14.7 Å². The first kappa shape index (κ1) is 15.1. The van der Waals surface area contributed by atoms with Gasteiger partial charge in [0, 0.05) is 49.4 Å². The molecule has 0 N–H and O–H groups in total. The Balaban J connectivity index is 1.35. The van der Waals surface area contributed by atoms with Crippen molar-refractivity contribution in [2.45, 2.75) is 32.7 Å². The molecule has 1 amide bonds. The molecular formula is C18H25N3O2. The molecule has 2 saturated heterocycles. The zero-order chi connectivity index (χ0) is 16.0. The highest BCUT2D eigenvalue weighted by molar-refractivity contribution is 5.78. The molecule has 2 fully saturated rings. The zero-order valence-electron chi connectivity index (χ0n) is 14.0. The van der Waals surface area contributed by atoms with E-state index in [0.717, 1.165) is 45.0 Å². The van der Waals surface area contributed by atoms with Crippen LogP contribution in [0.5, 0.6) is 0 Å². The Labute approximate surface area is 137 Å². The molecule has 124 valence electrons. The molecule has 4 rings (SSSR count). The van der Waals surface area contributed by atoms with Gasteiger partial charge < -0.3 is 9.64 Å². The monoisotopic (exact) mass is 315 g/mol. The fourth-order valence-electron chi connectivity index (χ4n) is 3.85. The normalized spacial score (nSPS) is 22.7. The quantitative estimate of drug-likeness (QED) is 0.846. The third-order valence-corrected chi connectivity index (χ3v) is 5.31. The topological polar surface area (TPSA) is 45.7 Å². The lowest BCUT2D eigenvalue weighted by molar-refractivity contribution is -0.191. The summed E-state index contributed by atoms with van der Waals surface area (Å²) in [5.41, 5.74) is 3.92. The number of carbonyl (C=O) groups is 1. The van der Waals surface area contributed by atoms with Gasteiger partial charge in [0.25, 0.3) is 0 Å². The van der Waals surface area contributed by atoms with Crippen LogP contribution in [0.4, 0.5) is 0 Å². The van der Waals surface area contributed by atoms with Crippen molar-refractivity contribution in [2.24, 2.45) is 5.41 Å². The van der Waals surface area contributed by atoms with Crippen molar-refractivity contribution in [1.82, 2.24) is 14.8 Å². The first-order valence-corrected chi connectivity index (χ1v) is 8.61. The number of pyridine rings is 1. The van der Waals surface area contributed by atoms with E-state index in [9.17, 15) is 4.79 Å². The van der Waals surface area contributed by atoms with E-state index in [1.54, 1.807) is 0 Å². The summed E-state index contributed by atoms with van der Waals surface area (Å²) < 4.78 is 5.29. The molecule has 0 unspecified atom stereocenters. The summed E-state index contributed by atoms with van der Waals surface area (Å²) in [4.78, 5) is 21.5. The summed E-state index contributed by atoms with van der Waals surface area (Å²) in [6, 6.07) is 4.26. The smallest absolute Gasteiger partial charge is 0.237 e. The summed E-state index contributed by atoms with van der Waals surface area (Å²) in [6.45, 7) is 10.2. The number of nitrogens with zero attached hydrogens (tertiary/aromatic N) is 3. The van der Waals surface area contributed by atoms with Crippen molar-refractivity contribution >= 4 is 5.91 Å². The largest absolute Gasteiger partial charge is 0.380 e. The minimum Gasteiger partial charge on any atom is -0.380 e. The van der Waals surface area contributed by atoms with Crippen LogP contribution in [0.15, 0.2) is 12.1 Å². The van der Waals surface area contributed by atoms with Crippen molar-refractivity contribution < 1.29 is 9.53 Å². The standard InChI is InChI=1S/C18H25N3O2/c1-13(2)15-4-3-14-7-21(6-5-16(14)19-15)17(22)8-20-9-18(10-20)11-23-12-18/h3-4,13H,5-12H2,1-2H3. The molecule has 0 aliphatic carbocycles. The molecule has 0 radical (unpaired) electrons. The van der Waals surface area contributed by atoms with Crippen LogP contribution < -0.4 is 0 Å². The SMILES string of the molecule is CC(C)c1ccc2c(n1)CCN(C(=O)CN1CC3(COC3)C1)C2. The molecule has 0 saturated carbocycles. The molecule has 1 aromatic rings. The summed E-state index contributed by atoms with van der Waals surface area (Å²) in [5.74, 6) is 0.702. The van der Waals surface area contributed by atoms with Crippen molar-refractivity contribution in [3.05, 3.63) is 29.1 Å². The van der Waals surface area contributed by atoms with E-state index in [2.05, 4.69) is 30.9 Å². The van der Waals surface area contributed by atoms with Crippen LogP contribution in [0.25, 0.3) is 0 Å². The van der Waals surface area contributed by atoms with Gasteiger partial charge in [-0.25, -0.2) is 0 Å². The van der Waals surface area contributed by atoms with Gasteiger partial charge in [0.05, 0.1) is 19.8 Å². The van der Waals surface area contributed by atoms with E-state index < -0.39 is 0 Å². The zero-order valence-corrected chi connectivity index (χ0v) is 14.0. The number of likely N-dealkylation sites (tertiary alicyclic amines) is 1. The van der Waals surface area contributed by atoms with Crippen molar-refractivity contribution in [3.63, 3.8) is 0 Å². The lowest BCUT2D eigenvalue weighted by Gasteiger charge is -2.55. The maximum absolute atomic E-state index is 12.5. The first-order valence-electron chi connectivity index (χ1n) is 8.61. The average Bonchev–Trinajstić information content (AvgIpc) is 2.47. The molecule has 0 aromatic carbocycles. The predicted molar refractivity (Wildman–Crippen MR) is 87.1 cm³/mol. The number of aromatic nitrogens is 1. The molecule has 1 aromatic heterocycles. The van der Waals surface area contributed by atoms with Crippen LogP contribution >= 0.6 is 0 Å². The molecule has 3 aliphatic heterocycles. The fourth-order valence-corrected chi connectivity index (χ4v) is 3.85. The van der Waals surface area contributed by atoms with E-state index in [1.165, 1.54) is 11.3 Å². The van der Waals surface area contributed by atoms with Gasteiger partial charge in [-0.15, -0.1) is 0 Å². The Morgan fingerprint density at radius 3 is 2.78 bits per heavy atom. The fraction of sp³-hybridized carbons (Fsp3) is 0.667.